The van der Waals surface area contributed by atoms with Gasteiger partial charge in [-0.25, -0.2) is 0 Å². The maximum Gasteiger partial charge on any atom is 0.0473 e. The Labute approximate surface area is 137 Å². The fourth-order valence-corrected chi connectivity index (χ4v) is 5.96. The van der Waals surface area contributed by atoms with Gasteiger partial charge in [0, 0.05) is 54.2 Å². The van der Waals surface area contributed by atoms with E-state index in [0.29, 0.717) is 12.1 Å². The van der Waals surface area contributed by atoms with Gasteiger partial charge in [0.05, 0.1) is 0 Å². The normalized spacial score (nSPS) is 31.2. The summed E-state index contributed by atoms with van der Waals surface area (Å²) in [5.74, 6) is 3.99. The highest BCUT2D eigenvalue weighted by Gasteiger charge is 2.30. The molecule has 2 aliphatic rings. The summed E-state index contributed by atoms with van der Waals surface area (Å²) in [6.07, 6.45) is 1.23. The molecule has 0 bridgehead atoms. The lowest BCUT2D eigenvalue weighted by Gasteiger charge is -2.42. The number of nitrogens with one attached hydrogen (secondary N) is 1. The maximum absolute atomic E-state index is 3.73. The summed E-state index contributed by atoms with van der Waals surface area (Å²) >= 11 is 4.31. The second-order valence-corrected chi connectivity index (χ2v) is 8.52. The second-order valence-electron chi connectivity index (χ2n) is 5.96. The van der Waals surface area contributed by atoms with Gasteiger partial charge in [-0.1, -0.05) is 37.3 Å². The molecule has 2 aliphatic heterocycles. The zero-order chi connectivity index (χ0) is 14.5. The summed E-state index contributed by atoms with van der Waals surface area (Å²) in [7, 11) is 0. The molecule has 1 aromatic rings. The third kappa shape index (κ3) is 4.19. The molecule has 2 heterocycles. The van der Waals surface area contributed by atoms with Crippen LogP contribution in [0.1, 0.15) is 24.9 Å². The van der Waals surface area contributed by atoms with Gasteiger partial charge >= 0.3 is 0 Å². The predicted molar refractivity (Wildman–Crippen MR) is 96.4 cm³/mol. The zero-order valence-corrected chi connectivity index (χ0v) is 14.5. The van der Waals surface area contributed by atoms with Crippen molar-refractivity contribution in [3.05, 3.63) is 35.9 Å². The molecule has 1 N–H and O–H groups in total. The van der Waals surface area contributed by atoms with Crippen LogP contribution in [0.5, 0.6) is 0 Å². The Kier molecular flexibility index (Phi) is 5.92. The summed E-state index contributed by atoms with van der Waals surface area (Å²) in [6.45, 7) is 5.82. The van der Waals surface area contributed by atoms with Gasteiger partial charge in [-0.15, -0.1) is 0 Å². The standard InChI is InChI=1S/C17H26N2S2/c1-2-15-11-19(12-16-13-20-8-9-21-16)17(10-18-15)14-6-4-3-5-7-14/h3-7,15-18H,2,8-13H2,1H3. The van der Waals surface area contributed by atoms with Crippen LogP contribution >= 0.6 is 23.5 Å². The zero-order valence-electron chi connectivity index (χ0n) is 12.8. The van der Waals surface area contributed by atoms with Gasteiger partial charge in [-0.3, -0.25) is 4.90 Å². The van der Waals surface area contributed by atoms with Crippen LogP contribution in [-0.4, -0.2) is 53.1 Å². The summed E-state index contributed by atoms with van der Waals surface area (Å²) in [4.78, 5) is 2.74. The van der Waals surface area contributed by atoms with Gasteiger partial charge < -0.3 is 5.32 Å². The van der Waals surface area contributed by atoms with Crippen molar-refractivity contribution in [2.75, 3.05) is 36.9 Å². The van der Waals surface area contributed by atoms with Gasteiger partial charge in [0.15, 0.2) is 0 Å². The summed E-state index contributed by atoms with van der Waals surface area (Å²) in [6, 6.07) is 12.2. The van der Waals surface area contributed by atoms with Crippen molar-refractivity contribution < 1.29 is 0 Å². The molecule has 0 aromatic heterocycles. The average Bonchev–Trinajstić information content (AvgIpc) is 2.56. The summed E-state index contributed by atoms with van der Waals surface area (Å²) in [5.41, 5.74) is 1.47. The summed E-state index contributed by atoms with van der Waals surface area (Å²) < 4.78 is 0. The predicted octanol–water partition coefficient (Wildman–Crippen LogP) is 3.26. The van der Waals surface area contributed by atoms with Crippen molar-refractivity contribution in [2.24, 2.45) is 0 Å². The van der Waals surface area contributed by atoms with E-state index in [9.17, 15) is 0 Å². The van der Waals surface area contributed by atoms with E-state index in [2.05, 4.69) is 71.0 Å². The lowest BCUT2D eigenvalue weighted by Crippen LogP contribution is -2.53. The van der Waals surface area contributed by atoms with Crippen LogP contribution in [0.4, 0.5) is 0 Å². The molecule has 2 fully saturated rings. The first-order valence-corrected chi connectivity index (χ1v) is 10.3. The molecule has 0 amide bonds. The molecule has 2 saturated heterocycles. The van der Waals surface area contributed by atoms with E-state index in [0.717, 1.165) is 11.8 Å². The molecule has 0 aliphatic carbocycles. The molecule has 3 atom stereocenters. The minimum Gasteiger partial charge on any atom is -0.311 e. The van der Waals surface area contributed by atoms with Gasteiger partial charge in [-0.2, -0.15) is 23.5 Å². The lowest BCUT2D eigenvalue weighted by molar-refractivity contribution is 0.130. The van der Waals surface area contributed by atoms with E-state index in [1.54, 1.807) is 0 Å². The number of thioether (sulfide) groups is 2. The van der Waals surface area contributed by atoms with Crippen molar-refractivity contribution in [1.29, 1.82) is 0 Å². The van der Waals surface area contributed by atoms with Crippen molar-refractivity contribution in [1.82, 2.24) is 10.2 Å². The topological polar surface area (TPSA) is 15.3 Å². The van der Waals surface area contributed by atoms with Crippen LogP contribution < -0.4 is 5.32 Å². The van der Waals surface area contributed by atoms with Gasteiger partial charge in [0.2, 0.25) is 0 Å². The lowest BCUT2D eigenvalue weighted by atomic mass is 10.00. The first-order valence-electron chi connectivity index (χ1n) is 8.08. The average molecular weight is 323 g/mol. The van der Waals surface area contributed by atoms with Crippen molar-refractivity contribution in [2.45, 2.75) is 30.7 Å². The molecule has 0 radical (unpaired) electrons. The smallest absolute Gasteiger partial charge is 0.0473 e. The third-order valence-electron chi connectivity index (χ3n) is 4.50. The number of nitrogens with zero attached hydrogens (tertiary/aromatic N) is 1. The summed E-state index contributed by atoms with van der Waals surface area (Å²) in [5, 5.41) is 4.54. The largest absolute Gasteiger partial charge is 0.311 e. The Morgan fingerprint density at radius 1 is 1.24 bits per heavy atom. The fourth-order valence-electron chi connectivity index (χ4n) is 3.26. The minimum atomic E-state index is 0.543. The number of benzene rings is 1. The van der Waals surface area contributed by atoms with E-state index >= 15 is 0 Å². The molecule has 0 saturated carbocycles. The van der Waals surface area contributed by atoms with E-state index in [1.165, 1.54) is 42.3 Å². The van der Waals surface area contributed by atoms with Gasteiger partial charge in [0.25, 0.3) is 0 Å². The highest BCUT2D eigenvalue weighted by atomic mass is 32.2. The first kappa shape index (κ1) is 15.7. The number of hydrogen-bond donors (Lipinski definition) is 1. The van der Waals surface area contributed by atoms with Gasteiger partial charge in [-0.05, 0) is 12.0 Å². The van der Waals surface area contributed by atoms with Crippen LogP contribution in [0, 0.1) is 0 Å². The molecule has 116 valence electrons. The van der Waals surface area contributed by atoms with E-state index in [1.807, 2.05) is 0 Å². The van der Waals surface area contributed by atoms with Crippen LogP contribution in [-0.2, 0) is 0 Å². The molecule has 0 spiro atoms. The molecule has 4 heteroatoms. The molecule has 3 unspecified atom stereocenters. The Balaban J connectivity index is 1.70. The molecule has 1 aromatic carbocycles. The highest BCUT2D eigenvalue weighted by Crippen LogP contribution is 2.29. The Morgan fingerprint density at radius 3 is 2.81 bits per heavy atom. The van der Waals surface area contributed by atoms with E-state index < -0.39 is 0 Å². The number of hydrogen-bond acceptors (Lipinski definition) is 4. The molecule has 2 nitrogen and oxygen atoms in total. The maximum atomic E-state index is 3.73. The van der Waals surface area contributed by atoms with Crippen LogP contribution in [0.3, 0.4) is 0 Å². The molecule has 3 rings (SSSR count). The van der Waals surface area contributed by atoms with E-state index in [-0.39, 0.29) is 0 Å². The van der Waals surface area contributed by atoms with E-state index in [4.69, 9.17) is 0 Å². The number of rotatable bonds is 4. The molecule has 21 heavy (non-hydrogen) atoms. The molecular formula is C17H26N2S2. The van der Waals surface area contributed by atoms with Crippen molar-refractivity contribution in [3.63, 3.8) is 0 Å². The van der Waals surface area contributed by atoms with Crippen LogP contribution in [0.15, 0.2) is 30.3 Å². The molecular weight excluding hydrogens is 296 g/mol. The Hall–Kier alpha value is -0.160. The second kappa shape index (κ2) is 7.91. The quantitative estimate of drug-likeness (QED) is 0.915. The Bertz CT molecular complexity index is 420. The van der Waals surface area contributed by atoms with Crippen LogP contribution in [0.2, 0.25) is 0 Å². The Morgan fingerprint density at radius 2 is 2.10 bits per heavy atom. The first-order chi connectivity index (χ1) is 10.4. The van der Waals surface area contributed by atoms with Gasteiger partial charge in [0.1, 0.15) is 0 Å². The SMILES string of the molecule is CCC1CN(CC2CSCCS2)C(c2ccccc2)CN1. The number of piperazine rings is 1. The fraction of sp³-hybridized carbons (Fsp3) is 0.647. The monoisotopic (exact) mass is 322 g/mol. The minimum absolute atomic E-state index is 0.543. The van der Waals surface area contributed by atoms with Crippen LogP contribution in [0.25, 0.3) is 0 Å². The van der Waals surface area contributed by atoms with Crippen molar-refractivity contribution >= 4 is 23.5 Å². The van der Waals surface area contributed by atoms with Crippen molar-refractivity contribution in [3.8, 4) is 0 Å². The third-order valence-corrected chi connectivity index (χ3v) is 7.32. The highest BCUT2D eigenvalue weighted by molar-refractivity contribution is 8.06.